The number of alkyl halides is 4. The van der Waals surface area contributed by atoms with Gasteiger partial charge in [-0.3, -0.25) is 4.79 Å². The van der Waals surface area contributed by atoms with Crippen LogP contribution >= 0.6 is 0 Å². The highest BCUT2D eigenvalue weighted by Crippen LogP contribution is 2.39. The summed E-state index contributed by atoms with van der Waals surface area (Å²) in [7, 11) is 0. The maximum Gasteiger partial charge on any atom is 0.363 e. The van der Waals surface area contributed by atoms with Crippen molar-refractivity contribution < 1.29 is 42.0 Å². The van der Waals surface area contributed by atoms with Crippen molar-refractivity contribution in [3.63, 3.8) is 0 Å². The maximum absolute atomic E-state index is 13.4. The molecule has 20 heavy (non-hydrogen) atoms. The third-order valence-corrected chi connectivity index (χ3v) is 1.91. The average molecular weight is 306 g/mol. The molecule has 9 heteroatoms. The van der Waals surface area contributed by atoms with E-state index in [0.717, 1.165) is 0 Å². The zero-order valence-electron chi connectivity index (χ0n) is 11.6. The normalized spacial score (nSPS) is 16.1. The van der Waals surface area contributed by atoms with Gasteiger partial charge in [-0.25, -0.2) is 13.7 Å². The molecule has 120 valence electrons. The Morgan fingerprint density at radius 2 is 1.70 bits per heavy atom. The van der Waals surface area contributed by atoms with Crippen molar-refractivity contribution >= 4 is 5.97 Å². The molecule has 0 aromatic carbocycles. The fraction of sp³-hybridized carbons (Fsp3) is 0.909. The van der Waals surface area contributed by atoms with Gasteiger partial charge < -0.3 is 9.84 Å². The minimum absolute atomic E-state index is 0.171. The van der Waals surface area contributed by atoms with E-state index in [1.165, 1.54) is 27.7 Å². The Labute approximate surface area is 113 Å². The first-order valence-electron chi connectivity index (χ1n) is 5.76. The molecule has 0 saturated heterocycles. The van der Waals surface area contributed by atoms with Crippen LogP contribution < -0.4 is 0 Å². The predicted molar refractivity (Wildman–Crippen MR) is 59.1 cm³/mol. The number of halogens is 4. The molecule has 0 radical (unpaired) electrons. The number of rotatable bonds is 7. The van der Waals surface area contributed by atoms with E-state index in [4.69, 9.17) is 0 Å². The van der Waals surface area contributed by atoms with Crippen LogP contribution in [0, 0.1) is 0 Å². The van der Waals surface area contributed by atoms with Crippen molar-refractivity contribution in [1.82, 2.24) is 0 Å². The van der Waals surface area contributed by atoms with Crippen LogP contribution in [0.25, 0.3) is 0 Å². The smallest absolute Gasteiger partial charge is 0.363 e. The predicted octanol–water partition coefficient (Wildman–Crippen LogP) is 2.28. The zero-order valence-corrected chi connectivity index (χ0v) is 11.6. The third-order valence-electron chi connectivity index (χ3n) is 1.91. The van der Waals surface area contributed by atoms with E-state index in [1.807, 2.05) is 0 Å². The Hall–Kier alpha value is -0.930. The van der Waals surface area contributed by atoms with Crippen molar-refractivity contribution in [2.45, 2.75) is 57.9 Å². The maximum atomic E-state index is 13.4. The molecule has 0 fully saturated rings. The molecule has 0 aromatic heterocycles. The van der Waals surface area contributed by atoms with E-state index < -0.39 is 36.1 Å². The lowest BCUT2D eigenvalue weighted by atomic mass is 10.1. The van der Waals surface area contributed by atoms with Gasteiger partial charge in [-0.1, -0.05) is 0 Å². The molecule has 0 aliphatic heterocycles. The van der Waals surface area contributed by atoms with Gasteiger partial charge in [0.1, 0.15) is 6.42 Å². The minimum atomic E-state index is -5.02. The van der Waals surface area contributed by atoms with Gasteiger partial charge in [0.15, 0.2) is 0 Å². The minimum Gasteiger partial charge on any atom is -0.466 e. The first-order chi connectivity index (χ1) is 8.85. The third kappa shape index (κ3) is 5.22. The molecule has 0 saturated carbocycles. The summed E-state index contributed by atoms with van der Waals surface area (Å²) in [4.78, 5) is 19.7. The summed E-state index contributed by atoms with van der Waals surface area (Å²) in [6.45, 7) is 5.33. The molecule has 0 rings (SSSR count). The van der Waals surface area contributed by atoms with Crippen LogP contribution in [0.1, 0.15) is 34.1 Å². The van der Waals surface area contributed by atoms with Crippen LogP contribution in [0.2, 0.25) is 0 Å². The van der Waals surface area contributed by atoms with Gasteiger partial charge in [0, 0.05) is 0 Å². The molecule has 0 aliphatic rings. The van der Waals surface area contributed by atoms with E-state index in [1.54, 1.807) is 0 Å². The molecule has 0 heterocycles. The summed E-state index contributed by atoms with van der Waals surface area (Å²) < 4.78 is 55.8. The zero-order chi connectivity index (χ0) is 16.2. The SMILES string of the molecule is CCOC(=O)CC(O)(OOC(C)(C)C)C(F)(F)C(F)F. The first kappa shape index (κ1) is 19.1. The fourth-order valence-electron chi connectivity index (χ4n) is 0.975. The highest BCUT2D eigenvalue weighted by molar-refractivity contribution is 5.70. The molecule has 0 aromatic rings. The topological polar surface area (TPSA) is 65.0 Å². The van der Waals surface area contributed by atoms with E-state index >= 15 is 0 Å². The van der Waals surface area contributed by atoms with Crippen LogP contribution in [0.4, 0.5) is 17.6 Å². The van der Waals surface area contributed by atoms with E-state index in [9.17, 15) is 27.5 Å². The van der Waals surface area contributed by atoms with Gasteiger partial charge in [-0.05, 0) is 27.7 Å². The largest absolute Gasteiger partial charge is 0.466 e. The Morgan fingerprint density at radius 3 is 2.05 bits per heavy atom. The Bertz CT molecular complexity index is 329. The summed E-state index contributed by atoms with van der Waals surface area (Å²) in [6.07, 6.45) is -5.76. The Morgan fingerprint density at radius 1 is 1.20 bits per heavy atom. The lowest BCUT2D eigenvalue weighted by Crippen LogP contribution is -2.56. The highest BCUT2D eigenvalue weighted by atomic mass is 19.3. The number of aliphatic hydroxyl groups is 1. The summed E-state index contributed by atoms with van der Waals surface area (Å²) in [6, 6.07) is 0. The standard InChI is InChI=1S/C11H18F4O5/c1-5-18-7(16)6-10(17,11(14,15)8(12)13)20-19-9(2,3)4/h8,17H,5-6H2,1-4H3. The summed E-state index contributed by atoms with van der Waals surface area (Å²) >= 11 is 0. The Kier molecular flexibility index (Phi) is 6.37. The summed E-state index contributed by atoms with van der Waals surface area (Å²) in [5.74, 6) is -10.2. The monoisotopic (exact) mass is 306 g/mol. The van der Waals surface area contributed by atoms with Crippen molar-refractivity contribution in [2.24, 2.45) is 0 Å². The lowest BCUT2D eigenvalue weighted by Gasteiger charge is -2.34. The van der Waals surface area contributed by atoms with Crippen LogP contribution in [0.5, 0.6) is 0 Å². The molecule has 0 aliphatic carbocycles. The molecule has 1 atom stereocenters. The Balaban J connectivity index is 5.17. The van der Waals surface area contributed by atoms with E-state index in [0.29, 0.717) is 0 Å². The van der Waals surface area contributed by atoms with Gasteiger partial charge in [0.2, 0.25) is 0 Å². The van der Waals surface area contributed by atoms with Gasteiger partial charge >= 0.3 is 18.3 Å². The molecule has 0 bridgehead atoms. The summed E-state index contributed by atoms with van der Waals surface area (Å²) in [5.41, 5.74) is -1.17. The number of carbonyl (C=O) groups excluding carboxylic acids is 1. The van der Waals surface area contributed by atoms with Gasteiger partial charge in [0.05, 0.1) is 12.2 Å². The second-order valence-electron chi connectivity index (χ2n) is 4.97. The molecule has 1 N–H and O–H groups in total. The number of hydrogen-bond donors (Lipinski definition) is 1. The number of carbonyl (C=O) groups is 1. The van der Waals surface area contributed by atoms with Gasteiger partial charge in [0.25, 0.3) is 5.79 Å². The van der Waals surface area contributed by atoms with Crippen LogP contribution in [0.3, 0.4) is 0 Å². The molecular weight excluding hydrogens is 288 g/mol. The number of hydrogen-bond acceptors (Lipinski definition) is 5. The quantitative estimate of drug-likeness (QED) is 0.257. The van der Waals surface area contributed by atoms with Crippen LogP contribution in [0.15, 0.2) is 0 Å². The van der Waals surface area contributed by atoms with E-state index in [2.05, 4.69) is 14.5 Å². The second kappa shape index (κ2) is 6.68. The molecule has 0 amide bonds. The lowest BCUT2D eigenvalue weighted by molar-refractivity contribution is -0.496. The molecule has 5 nitrogen and oxygen atoms in total. The molecule has 1 unspecified atom stereocenters. The molecular formula is C11H18F4O5. The average Bonchev–Trinajstić information content (AvgIpc) is 2.25. The first-order valence-corrected chi connectivity index (χ1v) is 5.76. The van der Waals surface area contributed by atoms with Gasteiger partial charge in [-0.15, -0.1) is 0 Å². The fourth-order valence-corrected chi connectivity index (χ4v) is 0.975. The molecule has 0 spiro atoms. The van der Waals surface area contributed by atoms with E-state index in [-0.39, 0.29) is 6.61 Å². The number of ether oxygens (including phenoxy) is 1. The summed E-state index contributed by atoms with van der Waals surface area (Å²) in [5, 5.41) is 9.59. The van der Waals surface area contributed by atoms with Crippen molar-refractivity contribution in [3.05, 3.63) is 0 Å². The second-order valence-corrected chi connectivity index (χ2v) is 4.97. The van der Waals surface area contributed by atoms with Crippen LogP contribution in [-0.2, 0) is 19.3 Å². The van der Waals surface area contributed by atoms with Crippen molar-refractivity contribution in [3.8, 4) is 0 Å². The van der Waals surface area contributed by atoms with Gasteiger partial charge in [-0.2, -0.15) is 13.7 Å². The highest BCUT2D eigenvalue weighted by Gasteiger charge is 2.63. The number of esters is 1. The van der Waals surface area contributed by atoms with Crippen molar-refractivity contribution in [2.75, 3.05) is 6.61 Å². The van der Waals surface area contributed by atoms with Crippen molar-refractivity contribution in [1.29, 1.82) is 0 Å². The van der Waals surface area contributed by atoms with Crippen LogP contribution in [-0.4, -0.2) is 41.4 Å².